The number of benzene rings is 1. The van der Waals surface area contributed by atoms with E-state index in [0.29, 0.717) is 51.5 Å². The summed E-state index contributed by atoms with van der Waals surface area (Å²) in [4.78, 5) is 27.5. The number of nitrogens with zero attached hydrogens (tertiary/aromatic N) is 2. The summed E-state index contributed by atoms with van der Waals surface area (Å²) in [6.45, 7) is 6.63. The highest BCUT2D eigenvalue weighted by Crippen LogP contribution is 2.16. The Kier molecular flexibility index (Phi) is 7.69. The van der Waals surface area contributed by atoms with Crippen LogP contribution in [0, 0.1) is 11.7 Å². The molecule has 2 amide bonds. The third kappa shape index (κ3) is 6.20. The number of hydrogen-bond acceptors (Lipinski definition) is 4. The van der Waals surface area contributed by atoms with Gasteiger partial charge in [-0.05, 0) is 24.5 Å². The number of rotatable bonds is 7. The monoisotopic (exact) mass is 366 g/mol. The molecule has 144 valence electrons. The molecule has 0 radical (unpaired) electrons. The fourth-order valence-corrected chi connectivity index (χ4v) is 2.59. The zero-order valence-electron chi connectivity index (χ0n) is 15.4. The predicted molar refractivity (Wildman–Crippen MR) is 95.5 cm³/mol. The molecule has 26 heavy (non-hydrogen) atoms. The molecule has 1 fully saturated rings. The van der Waals surface area contributed by atoms with E-state index in [1.165, 1.54) is 6.07 Å². The van der Waals surface area contributed by atoms with Crippen LogP contribution >= 0.6 is 0 Å². The minimum absolute atomic E-state index is 0.0253. The predicted octanol–water partition coefficient (Wildman–Crippen LogP) is 2.92. The van der Waals surface area contributed by atoms with Crippen molar-refractivity contribution in [1.29, 1.82) is 0 Å². The Hall–Kier alpha value is -2.31. The third-order valence-corrected chi connectivity index (χ3v) is 4.06. The highest BCUT2D eigenvalue weighted by molar-refractivity contribution is 5.76. The standard InChI is InChI=1S/C19H27FN2O4/c1-15(2)14-26-19(24)22-11-9-21(10-12-22)18(23)8-5-13-25-17-7-4-3-6-16(17)20/h3-4,6-7,15H,5,8-14H2,1-2H3. The van der Waals surface area contributed by atoms with Crippen LogP contribution in [0.25, 0.3) is 0 Å². The highest BCUT2D eigenvalue weighted by atomic mass is 19.1. The number of amides is 2. The first-order valence-corrected chi connectivity index (χ1v) is 9.04. The van der Waals surface area contributed by atoms with E-state index in [2.05, 4.69) is 0 Å². The summed E-state index contributed by atoms with van der Waals surface area (Å²) >= 11 is 0. The number of piperazine rings is 1. The lowest BCUT2D eigenvalue weighted by Gasteiger charge is -2.34. The van der Waals surface area contributed by atoms with E-state index >= 15 is 0 Å². The smallest absolute Gasteiger partial charge is 0.409 e. The van der Waals surface area contributed by atoms with Crippen molar-refractivity contribution in [3.63, 3.8) is 0 Å². The van der Waals surface area contributed by atoms with Gasteiger partial charge in [-0.2, -0.15) is 0 Å². The number of carbonyl (C=O) groups excluding carboxylic acids is 2. The molecule has 0 N–H and O–H groups in total. The van der Waals surface area contributed by atoms with Crippen LogP contribution in [0.3, 0.4) is 0 Å². The Morgan fingerprint density at radius 2 is 1.77 bits per heavy atom. The summed E-state index contributed by atoms with van der Waals surface area (Å²) in [5, 5.41) is 0. The first-order chi connectivity index (χ1) is 12.5. The first-order valence-electron chi connectivity index (χ1n) is 9.04. The lowest BCUT2D eigenvalue weighted by Crippen LogP contribution is -2.50. The molecule has 0 spiro atoms. The lowest BCUT2D eigenvalue weighted by molar-refractivity contribution is -0.133. The van der Waals surface area contributed by atoms with Crippen LogP contribution in [0.2, 0.25) is 0 Å². The number of ether oxygens (including phenoxy) is 2. The third-order valence-electron chi connectivity index (χ3n) is 4.06. The van der Waals surface area contributed by atoms with Crippen molar-refractivity contribution >= 4 is 12.0 Å². The molecule has 0 atom stereocenters. The zero-order valence-corrected chi connectivity index (χ0v) is 15.4. The Labute approximate surface area is 153 Å². The number of halogens is 1. The van der Waals surface area contributed by atoms with E-state index in [-0.39, 0.29) is 24.4 Å². The summed E-state index contributed by atoms with van der Waals surface area (Å²) in [6.07, 6.45) is 0.542. The van der Waals surface area contributed by atoms with Gasteiger partial charge in [-0.1, -0.05) is 26.0 Å². The molecular formula is C19H27FN2O4. The maximum absolute atomic E-state index is 13.4. The zero-order chi connectivity index (χ0) is 18.9. The van der Waals surface area contributed by atoms with Gasteiger partial charge in [-0.15, -0.1) is 0 Å². The average Bonchev–Trinajstić information content (AvgIpc) is 2.64. The van der Waals surface area contributed by atoms with Crippen molar-refractivity contribution in [2.24, 2.45) is 5.92 Å². The van der Waals surface area contributed by atoms with Gasteiger partial charge in [0.15, 0.2) is 11.6 Å². The van der Waals surface area contributed by atoms with E-state index in [4.69, 9.17) is 9.47 Å². The summed E-state index contributed by atoms with van der Waals surface area (Å²) in [5.41, 5.74) is 0. The molecule has 1 aromatic rings. The van der Waals surface area contributed by atoms with E-state index in [1.54, 1.807) is 28.0 Å². The van der Waals surface area contributed by atoms with Crippen molar-refractivity contribution in [2.45, 2.75) is 26.7 Å². The maximum atomic E-state index is 13.4. The van der Waals surface area contributed by atoms with Crippen LogP contribution < -0.4 is 4.74 Å². The van der Waals surface area contributed by atoms with Gasteiger partial charge < -0.3 is 19.3 Å². The number of hydrogen-bond donors (Lipinski definition) is 0. The number of para-hydroxylation sites is 1. The Balaban J connectivity index is 1.64. The fourth-order valence-electron chi connectivity index (χ4n) is 2.59. The minimum atomic E-state index is -0.403. The van der Waals surface area contributed by atoms with Gasteiger partial charge in [-0.3, -0.25) is 4.79 Å². The van der Waals surface area contributed by atoms with Crippen molar-refractivity contribution in [2.75, 3.05) is 39.4 Å². The van der Waals surface area contributed by atoms with Crippen molar-refractivity contribution in [3.05, 3.63) is 30.1 Å². The van der Waals surface area contributed by atoms with E-state index in [9.17, 15) is 14.0 Å². The molecule has 1 aliphatic heterocycles. The quantitative estimate of drug-likeness (QED) is 0.696. The van der Waals surface area contributed by atoms with Crippen molar-refractivity contribution in [1.82, 2.24) is 9.80 Å². The van der Waals surface area contributed by atoms with Crippen molar-refractivity contribution < 1.29 is 23.5 Å². The molecule has 0 bridgehead atoms. The molecular weight excluding hydrogens is 339 g/mol. The van der Waals surface area contributed by atoms with Gasteiger partial charge in [0, 0.05) is 32.6 Å². The largest absolute Gasteiger partial charge is 0.491 e. The van der Waals surface area contributed by atoms with Crippen LogP contribution in [0.4, 0.5) is 9.18 Å². The van der Waals surface area contributed by atoms with Crippen LogP contribution in [-0.2, 0) is 9.53 Å². The molecule has 1 saturated heterocycles. The second-order valence-electron chi connectivity index (χ2n) is 6.72. The fraction of sp³-hybridized carbons (Fsp3) is 0.579. The summed E-state index contributed by atoms with van der Waals surface area (Å²) in [7, 11) is 0. The van der Waals surface area contributed by atoms with Gasteiger partial charge in [0.25, 0.3) is 0 Å². The lowest BCUT2D eigenvalue weighted by atomic mass is 10.2. The first kappa shape index (κ1) is 20.0. The Morgan fingerprint density at radius 3 is 2.42 bits per heavy atom. The Bertz CT molecular complexity index is 601. The van der Waals surface area contributed by atoms with Crippen molar-refractivity contribution in [3.8, 4) is 5.75 Å². The number of carbonyl (C=O) groups is 2. The summed E-state index contributed by atoms with van der Waals surface area (Å²) in [6, 6.07) is 6.21. The Morgan fingerprint density at radius 1 is 1.12 bits per heavy atom. The molecule has 6 nitrogen and oxygen atoms in total. The van der Waals surface area contributed by atoms with Gasteiger partial charge >= 0.3 is 6.09 Å². The van der Waals surface area contributed by atoms with Crippen LogP contribution in [0.1, 0.15) is 26.7 Å². The summed E-state index contributed by atoms with van der Waals surface area (Å²) < 4.78 is 24.0. The molecule has 1 heterocycles. The second kappa shape index (κ2) is 9.99. The van der Waals surface area contributed by atoms with E-state index in [1.807, 2.05) is 13.8 Å². The topological polar surface area (TPSA) is 59.1 Å². The molecule has 1 aliphatic rings. The molecule has 0 aliphatic carbocycles. The molecule has 0 aromatic heterocycles. The maximum Gasteiger partial charge on any atom is 0.409 e. The van der Waals surface area contributed by atoms with E-state index in [0.717, 1.165) is 0 Å². The molecule has 1 aromatic carbocycles. The van der Waals surface area contributed by atoms with E-state index < -0.39 is 5.82 Å². The van der Waals surface area contributed by atoms with Gasteiger partial charge in [0.1, 0.15) is 0 Å². The van der Waals surface area contributed by atoms with Gasteiger partial charge in [0.2, 0.25) is 5.91 Å². The van der Waals surface area contributed by atoms with Crippen LogP contribution in [0.5, 0.6) is 5.75 Å². The average molecular weight is 366 g/mol. The van der Waals surface area contributed by atoms with Gasteiger partial charge in [0.05, 0.1) is 13.2 Å². The molecule has 2 rings (SSSR count). The minimum Gasteiger partial charge on any atom is -0.491 e. The van der Waals surface area contributed by atoms with Crippen LogP contribution in [-0.4, -0.2) is 61.2 Å². The van der Waals surface area contributed by atoms with Gasteiger partial charge in [-0.25, -0.2) is 9.18 Å². The molecule has 0 saturated carbocycles. The molecule has 0 unspecified atom stereocenters. The summed E-state index contributed by atoms with van der Waals surface area (Å²) in [5.74, 6) is 0.124. The van der Waals surface area contributed by atoms with Crippen LogP contribution in [0.15, 0.2) is 24.3 Å². The highest BCUT2D eigenvalue weighted by Gasteiger charge is 2.24. The normalized spacial score (nSPS) is 14.5. The second-order valence-corrected chi connectivity index (χ2v) is 6.72. The molecule has 7 heteroatoms. The SMILES string of the molecule is CC(C)COC(=O)N1CCN(C(=O)CCCOc2ccccc2F)CC1.